The van der Waals surface area contributed by atoms with Crippen molar-refractivity contribution < 1.29 is 14.3 Å². The first-order valence-electron chi connectivity index (χ1n) is 5.95. The Hall–Kier alpha value is -1.77. The molecule has 0 N–H and O–H groups in total. The first-order valence-corrected chi connectivity index (χ1v) is 5.95. The second kappa shape index (κ2) is 6.84. The highest BCUT2D eigenvalue weighted by Crippen LogP contribution is 2.25. The monoisotopic (exact) mass is 248 g/mol. The molecule has 1 rings (SSSR count). The van der Waals surface area contributed by atoms with Crippen LogP contribution in [0, 0.1) is 0 Å². The smallest absolute Gasteiger partial charge is 0.152 e. The molecule has 0 heterocycles. The van der Waals surface area contributed by atoms with Crippen LogP contribution in [0.15, 0.2) is 29.8 Å². The maximum atomic E-state index is 11.0. The average Bonchev–Trinajstić information content (AvgIpc) is 2.35. The van der Waals surface area contributed by atoms with Gasteiger partial charge in [0.15, 0.2) is 5.78 Å². The van der Waals surface area contributed by atoms with E-state index in [9.17, 15) is 4.79 Å². The van der Waals surface area contributed by atoms with Crippen LogP contribution >= 0.6 is 0 Å². The Kier molecular flexibility index (Phi) is 5.43. The minimum Gasteiger partial charge on any atom is -0.497 e. The molecule has 0 aliphatic rings. The zero-order valence-electron chi connectivity index (χ0n) is 11.4. The minimum absolute atomic E-state index is 0.0881. The van der Waals surface area contributed by atoms with Gasteiger partial charge in [-0.15, -0.1) is 0 Å². The van der Waals surface area contributed by atoms with E-state index in [1.54, 1.807) is 27.2 Å². The number of allylic oxidation sites excluding steroid dienone is 2. The SMILES string of the molecule is COc1ccc(OC)c(CC/C(C)=C\C(C)=O)c1. The molecule has 0 saturated heterocycles. The summed E-state index contributed by atoms with van der Waals surface area (Å²) in [5.74, 6) is 1.76. The number of hydrogen-bond donors (Lipinski definition) is 0. The van der Waals surface area contributed by atoms with Gasteiger partial charge in [0.05, 0.1) is 14.2 Å². The predicted molar refractivity (Wildman–Crippen MR) is 72.3 cm³/mol. The Morgan fingerprint density at radius 1 is 1.22 bits per heavy atom. The van der Waals surface area contributed by atoms with Crippen molar-refractivity contribution in [2.75, 3.05) is 14.2 Å². The number of carbonyl (C=O) groups is 1. The van der Waals surface area contributed by atoms with E-state index in [1.807, 2.05) is 25.1 Å². The van der Waals surface area contributed by atoms with E-state index in [0.717, 1.165) is 35.5 Å². The number of aryl methyl sites for hydroxylation is 1. The molecule has 0 amide bonds. The lowest BCUT2D eigenvalue weighted by atomic mass is 10.0. The van der Waals surface area contributed by atoms with Crippen molar-refractivity contribution in [1.29, 1.82) is 0 Å². The van der Waals surface area contributed by atoms with E-state index >= 15 is 0 Å². The maximum Gasteiger partial charge on any atom is 0.152 e. The van der Waals surface area contributed by atoms with Gasteiger partial charge < -0.3 is 9.47 Å². The summed E-state index contributed by atoms with van der Waals surface area (Å²) >= 11 is 0. The fourth-order valence-corrected chi connectivity index (χ4v) is 1.83. The van der Waals surface area contributed by atoms with Gasteiger partial charge in [-0.25, -0.2) is 0 Å². The Morgan fingerprint density at radius 3 is 2.50 bits per heavy atom. The third-order valence-electron chi connectivity index (χ3n) is 2.73. The Bertz CT molecular complexity index is 447. The normalized spacial score (nSPS) is 11.2. The molecule has 0 bridgehead atoms. The van der Waals surface area contributed by atoms with Crippen LogP contribution in [-0.4, -0.2) is 20.0 Å². The molecule has 1 aromatic carbocycles. The summed E-state index contributed by atoms with van der Waals surface area (Å²) in [6.07, 6.45) is 3.34. The molecule has 0 aliphatic heterocycles. The van der Waals surface area contributed by atoms with E-state index in [1.165, 1.54) is 0 Å². The molecule has 1 aromatic rings. The van der Waals surface area contributed by atoms with Gasteiger partial charge in [0, 0.05) is 0 Å². The molecule has 0 saturated carbocycles. The van der Waals surface area contributed by atoms with Crippen LogP contribution in [0.5, 0.6) is 11.5 Å². The van der Waals surface area contributed by atoms with Crippen molar-refractivity contribution in [3.8, 4) is 11.5 Å². The lowest BCUT2D eigenvalue weighted by molar-refractivity contribution is -0.112. The van der Waals surface area contributed by atoms with Gasteiger partial charge in [0.1, 0.15) is 11.5 Å². The fourth-order valence-electron chi connectivity index (χ4n) is 1.83. The Labute approximate surface area is 108 Å². The molecular formula is C15H20O3. The van der Waals surface area contributed by atoms with Crippen molar-refractivity contribution in [3.63, 3.8) is 0 Å². The highest BCUT2D eigenvalue weighted by atomic mass is 16.5. The van der Waals surface area contributed by atoms with Gasteiger partial charge in [-0.05, 0) is 56.5 Å². The molecule has 3 heteroatoms. The van der Waals surface area contributed by atoms with Crippen LogP contribution in [0.4, 0.5) is 0 Å². The highest BCUT2D eigenvalue weighted by molar-refractivity contribution is 5.87. The maximum absolute atomic E-state index is 11.0. The van der Waals surface area contributed by atoms with Crippen LogP contribution < -0.4 is 9.47 Å². The molecule has 98 valence electrons. The van der Waals surface area contributed by atoms with Crippen LogP contribution in [0.25, 0.3) is 0 Å². The molecule has 0 radical (unpaired) electrons. The molecule has 3 nitrogen and oxygen atoms in total. The topological polar surface area (TPSA) is 35.5 Å². The number of benzene rings is 1. The summed E-state index contributed by atoms with van der Waals surface area (Å²) in [4.78, 5) is 11.0. The lowest BCUT2D eigenvalue weighted by Crippen LogP contribution is -1.95. The van der Waals surface area contributed by atoms with Gasteiger partial charge in [0.25, 0.3) is 0 Å². The van der Waals surface area contributed by atoms with Crippen molar-refractivity contribution in [2.45, 2.75) is 26.7 Å². The number of methoxy groups -OCH3 is 2. The summed E-state index contributed by atoms with van der Waals surface area (Å²) in [5, 5.41) is 0. The number of rotatable bonds is 6. The van der Waals surface area contributed by atoms with Crippen molar-refractivity contribution in [3.05, 3.63) is 35.4 Å². The zero-order chi connectivity index (χ0) is 13.5. The largest absolute Gasteiger partial charge is 0.497 e. The molecule has 0 atom stereocenters. The summed E-state index contributed by atoms with van der Waals surface area (Å²) < 4.78 is 10.5. The van der Waals surface area contributed by atoms with E-state index in [4.69, 9.17) is 9.47 Å². The van der Waals surface area contributed by atoms with E-state index < -0.39 is 0 Å². The van der Waals surface area contributed by atoms with Crippen molar-refractivity contribution in [1.82, 2.24) is 0 Å². The van der Waals surface area contributed by atoms with Crippen molar-refractivity contribution in [2.24, 2.45) is 0 Å². The number of ketones is 1. The van der Waals surface area contributed by atoms with Crippen LogP contribution in [0.2, 0.25) is 0 Å². The first-order chi connectivity index (χ1) is 8.56. The van der Waals surface area contributed by atoms with Crippen LogP contribution in [0.3, 0.4) is 0 Å². The Balaban J connectivity index is 2.79. The third-order valence-corrected chi connectivity index (χ3v) is 2.73. The van der Waals surface area contributed by atoms with Gasteiger partial charge in [-0.3, -0.25) is 4.79 Å². The first kappa shape index (κ1) is 14.3. The molecule has 0 unspecified atom stereocenters. The van der Waals surface area contributed by atoms with E-state index in [2.05, 4.69) is 0 Å². The molecule has 0 aromatic heterocycles. The molecule has 18 heavy (non-hydrogen) atoms. The van der Waals surface area contributed by atoms with Crippen LogP contribution in [-0.2, 0) is 11.2 Å². The predicted octanol–water partition coefficient (Wildman–Crippen LogP) is 3.17. The zero-order valence-corrected chi connectivity index (χ0v) is 11.4. The highest BCUT2D eigenvalue weighted by Gasteiger charge is 2.05. The van der Waals surface area contributed by atoms with Crippen LogP contribution in [0.1, 0.15) is 25.8 Å². The summed E-state index contributed by atoms with van der Waals surface area (Å²) in [6.45, 7) is 3.53. The van der Waals surface area contributed by atoms with Crippen molar-refractivity contribution >= 4 is 5.78 Å². The number of hydrogen-bond acceptors (Lipinski definition) is 3. The average molecular weight is 248 g/mol. The minimum atomic E-state index is 0.0881. The van der Waals surface area contributed by atoms with Gasteiger partial charge in [0.2, 0.25) is 0 Å². The number of ether oxygens (including phenoxy) is 2. The number of carbonyl (C=O) groups excluding carboxylic acids is 1. The van der Waals surface area contributed by atoms with Gasteiger partial charge in [-0.1, -0.05) is 5.57 Å². The third kappa shape index (κ3) is 4.24. The summed E-state index contributed by atoms with van der Waals surface area (Å²) in [6, 6.07) is 5.75. The van der Waals surface area contributed by atoms with Gasteiger partial charge >= 0.3 is 0 Å². The fraction of sp³-hybridized carbons (Fsp3) is 0.400. The van der Waals surface area contributed by atoms with E-state index in [-0.39, 0.29) is 5.78 Å². The quantitative estimate of drug-likeness (QED) is 0.725. The summed E-state index contributed by atoms with van der Waals surface area (Å²) in [5.41, 5.74) is 2.17. The second-order valence-electron chi connectivity index (χ2n) is 4.28. The summed E-state index contributed by atoms with van der Waals surface area (Å²) in [7, 11) is 3.30. The molecule has 0 aliphatic carbocycles. The second-order valence-corrected chi connectivity index (χ2v) is 4.28. The van der Waals surface area contributed by atoms with Gasteiger partial charge in [-0.2, -0.15) is 0 Å². The molecule has 0 fully saturated rings. The lowest BCUT2D eigenvalue weighted by Gasteiger charge is -2.10. The Morgan fingerprint density at radius 2 is 1.94 bits per heavy atom. The molecular weight excluding hydrogens is 228 g/mol. The molecule has 0 spiro atoms. The van der Waals surface area contributed by atoms with E-state index in [0.29, 0.717) is 0 Å². The standard InChI is InChI=1S/C15H20O3/c1-11(9-12(2)16)5-6-13-10-14(17-3)7-8-15(13)18-4/h7-10H,5-6H2,1-4H3/b11-9-.